The number of nitro benzene ring substituents is 1. The quantitative estimate of drug-likeness (QED) is 0.348. The van der Waals surface area contributed by atoms with Crippen LogP contribution in [-0.2, 0) is 0 Å². The average Bonchev–Trinajstić information content (AvgIpc) is 2.11. The summed E-state index contributed by atoms with van der Waals surface area (Å²) in [7, 11) is 0. The van der Waals surface area contributed by atoms with Crippen LogP contribution in [0.3, 0.4) is 0 Å². The summed E-state index contributed by atoms with van der Waals surface area (Å²) in [5, 5.41) is 12.9. The Balaban J connectivity index is 3.45. The van der Waals surface area contributed by atoms with Gasteiger partial charge in [-0.05, 0) is 18.3 Å². The van der Waals surface area contributed by atoms with Crippen LogP contribution >= 0.6 is 35.4 Å². The molecule has 0 amide bonds. The predicted octanol–water partition coefficient (Wildman–Crippen LogP) is 3.64. The third kappa shape index (κ3) is 2.27. The van der Waals surface area contributed by atoms with Gasteiger partial charge < -0.3 is 0 Å². The van der Waals surface area contributed by atoms with Crippen molar-refractivity contribution in [1.82, 2.24) is 0 Å². The molecule has 14 heavy (non-hydrogen) atoms. The first kappa shape index (κ1) is 11.1. The lowest BCUT2D eigenvalue weighted by atomic mass is 10.3. The first-order valence-corrected chi connectivity index (χ1v) is 4.44. The van der Waals surface area contributed by atoms with E-state index in [9.17, 15) is 10.1 Å². The van der Waals surface area contributed by atoms with Gasteiger partial charge in [0.1, 0.15) is 0 Å². The molecule has 0 aliphatic heterocycles. The Morgan fingerprint density at radius 1 is 1.43 bits per heavy atom. The number of aliphatic imine (C=N–C) groups is 1. The van der Waals surface area contributed by atoms with Gasteiger partial charge in [-0.3, -0.25) is 10.1 Å². The maximum Gasteiger partial charge on any atom is 0.297 e. The van der Waals surface area contributed by atoms with Crippen molar-refractivity contribution in [3.05, 3.63) is 32.3 Å². The molecule has 1 aromatic carbocycles. The summed E-state index contributed by atoms with van der Waals surface area (Å²) >= 11 is 15.6. The number of benzene rings is 1. The second-order valence-corrected chi connectivity index (χ2v) is 3.21. The summed E-state index contributed by atoms with van der Waals surface area (Å²) in [6, 6.07) is 2.39. The van der Waals surface area contributed by atoms with Gasteiger partial charge >= 0.3 is 0 Å². The number of nitrogens with zero attached hydrogens (tertiary/aromatic N) is 2. The Hall–Kier alpha value is -1.00. The average molecular weight is 249 g/mol. The minimum Gasteiger partial charge on any atom is -0.258 e. The van der Waals surface area contributed by atoms with E-state index in [1.807, 2.05) is 5.16 Å². The van der Waals surface area contributed by atoms with E-state index in [1.165, 1.54) is 6.07 Å². The van der Waals surface area contributed by atoms with E-state index < -0.39 is 4.92 Å². The Morgan fingerprint density at radius 3 is 2.50 bits per heavy atom. The van der Waals surface area contributed by atoms with E-state index in [1.54, 1.807) is 0 Å². The highest BCUT2D eigenvalue weighted by atomic mass is 35.5. The second-order valence-electron chi connectivity index (χ2n) is 2.22. The highest BCUT2D eigenvalue weighted by Crippen LogP contribution is 2.35. The van der Waals surface area contributed by atoms with Crippen molar-refractivity contribution in [3.63, 3.8) is 0 Å². The highest BCUT2D eigenvalue weighted by Gasteiger charge is 2.16. The zero-order valence-corrected chi connectivity index (χ0v) is 8.86. The smallest absolute Gasteiger partial charge is 0.258 e. The van der Waals surface area contributed by atoms with Gasteiger partial charge in [0.25, 0.3) is 5.69 Å². The van der Waals surface area contributed by atoms with Crippen LogP contribution < -0.4 is 0 Å². The lowest BCUT2D eigenvalue weighted by Crippen LogP contribution is -1.88. The maximum absolute atomic E-state index is 10.5. The van der Waals surface area contributed by atoms with Gasteiger partial charge in [-0.1, -0.05) is 23.2 Å². The van der Waals surface area contributed by atoms with Crippen LogP contribution in [0.25, 0.3) is 0 Å². The van der Waals surface area contributed by atoms with Crippen molar-refractivity contribution in [2.24, 2.45) is 4.99 Å². The molecule has 0 aliphatic carbocycles. The minimum absolute atomic E-state index is 0.0411. The Kier molecular flexibility index (Phi) is 3.55. The van der Waals surface area contributed by atoms with Crippen molar-refractivity contribution in [3.8, 4) is 0 Å². The summed E-state index contributed by atoms with van der Waals surface area (Å²) < 4.78 is 0. The molecule has 0 saturated heterocycles. The molecular formula is C7H2Cl2N2O2S. The Morgan fingerprint density at radius 2 is 2.00 bits per heavy atom. The number of thiocarbonyl (C=S) groups is 1. The molecule has 72 valence electrons. The molecule has 0 bridgehead atoms. The molecular weight excluding hydrogens is 247 g/mol. The fourth-order valence-corrected chi connectivity index (χ4v) is 1.22. The molecule has 0 aromatic heterocycles. The summed E-state index contributed by atoms with van der Waals surface area (Å²) in [6.07, 6.45) is 0. The van der Waals surface area contributed by atoms with Crippen LogP contribution in [0.2, 0.25) is 10.0 Å². The molecule has 0 spiro atoms. The number of hydrogen-bond donors (Lipinski definition) is 0. The molecule has 7 heteroatoms. The topological polar surface area (TPSA) is 55.5 Å². The molecule has 0 fully saturated rings. The molecule has 4 nitrogen and oxygen atoms in total. The van der Waals surface area contributed by atoms with Gasteiger partial charge in [-0.25, -0.2) is 0 Å². The first-order chi connectivity index (χ1) is 6.56. The molecule has 0 radical (unpaired) electrons. The van der Waals surface area contributed by atoms with E-state index in [0.29, 0.717) is 0 Å². The second kappa shape index (κ2) is 4.48. The Labute approximate surface area is 94.3 Å². The normalized spacial score (nSPS) is 9.29. The van der Waals surface area contributed by atoms with Gasteiger partial charge in [-0.15, -0.1) is 0 Å². The van der Waals surface area contributed by atoms with Gasteiger partial charge in [0.05, 0.1) is 20.1 Å². The van der Waals surface area contributed by atoms with Crippen molar-refractivity contribution in [1.29, 1.82) is 0 Å². The number of nitro groups is 1. The van der Waals surface area contributed by atoms with Crippen LogP contribution in [0.4, 0.5) is 11.4 Å². The first-order valence-electron chi connectivity index (χ1n) is 3.27. The van der Waals surface area contributed by atoms with E-state index in [4.69, 9.17) is 23.2 Å². The SMILES string of the molecule is O=[N+]([O-])c1cc(Cl)c(Cl)cc1N=C=S. The lowest BCUT2D eigenvalue weighted by molar-refractivity contribution is -0.384. The van der Waals surface area contributed by atoms with E-state index >= 15 is 0 Å². The molecule has 0 aliphatic rings. The van der Waals surface area contributed by atoms with Gasteiger partial charge in [0.15, 0.2) is 5.69 Å². The predicted molar refractivity (Wildman–Crippen MR) is 57.8 cm³/mol. The van der Waals surface area contributed by atoms with Gasteiger partial charge in [0, 0.05) is 6.07 Å². The van der Waals surface area contributed by atoms with Crippen molar-refractivity contribution in [2.75, 3.05) is 0 Å². The minimum atomic E-state index is -0.617. The third-order valence-electron chi connectivity index (χ3n) is 1.38. The van der Waals surface area contributed by atoms with E-state index in [2.05, 4.69) is 17.2 Å². The fourth-order valence-electron chi connectivity index (χ4n) is 0.811. The van der Waals surface area contributed by atoms with Crippen LogP contribution in [0.1, 0.15) is 0 Å². The summed E-state index contributed by atoms with van der Waals surface area (Å²) in [4.78, 5) is 13.4. The van der Waals surface area contributed by atoms with Crippen LogP contribution in [0.5, 0.6) is 0 Å². The summed E-state index contributed by atoms with van der Waals surface area (Å²) in [6.45, 7) is 0. The monoisotopic (exact) mass is 248 g/mol. The molecule has 0 N–H and O–H groups in total. The molecule has 0 heterocycles. The fraction of sp³-hybridized carbons (Fsp3) is 0. The van der Waals surface area contributed by atoms with E-state index in [0.717, 1.165) is 6.07 Å². The number of isothiocyanates is 1. The molecule has 0 saturated carbocycles. The number of halogens is 2. The van der Waals surface area contributed by atoms with Gasteiger partial charge in [0.2, 0.25) is 0 Å². The summed E-state index contributed by atoms with van der Waals surface area (Å²) in [5.41, 5.74) is -0.212. The zero-order chi connectivity index (χ0) is 10.7. The van der Waals surface area contributed by atoms with Crippen LogP contribution in [0, 0.1) is 10.1 Å². The molecule has 0 unspecified atom stereocenters. The van der Waals surface area contributed by atoms with E-state index in [-0.39, 0.29) is 21.4 Å². The van der Waals surface area contributed by atoms with Crippen molar-refractivity contribution >= 4 is 52.0 Å². The Bertz CT molecular complexity index is 417. The number of hydrogen-bond acceptors (Lipinski definition) is 4. The van der Waals surface area contributed by atoms with Crippen molar-refractivity contribution in [2.45, 2.75) is 0 Å². The lowest BCUT2D eigenvalue weighted by Gasteiger charge is -1.98. The van der Waals surface area contributed by atoms with Crippen molar-refractivity contribution < 1.29 is 4.92 Å². The summed E-state index contributed by atoms with van der Waals surface area (Å²) in [5.74, 6) is 0. The molecule has 1 rings (SSSR count). The maximum atomic E-state index is 10.5. The highest BCUT2D eigenvalue weighted by molar-refractivity contribution is 7.78. The molecule has 0 atom stereocenters. The van der Waals surface area contributed by atoms with Gasteiger partial charge in [-0.2, -0.15) is 4.99 Å². The van der Waals surface area contributed by atoms with Crippen LogP contribution in [-0.4, -0.2) is 10.1 Å². The largest absolute Gasteiger partial charge is 0.297 e. The number of rotatable bonds is 2. The van der Waals surface area contributed by atoms with Crippen LogP contribution in [0.15, 0.2) is 17.1 Å². The zero-order valence-electron chi connectivity index (χ0n) is 6.53. The standard InChI is InChI=1S/C7H2Cl2N2O2S/c8-4-1-6(10-3-14)7(11(12)13)2-5(4)9/h1-2H. The third-order valence-corrected chi connectivity index (χ3v) is 2.19. The molecule has 1 aromatic rings.